The summed E-state index contributed by atoms with van der Waals surface area (Å²) in [6.07, 6.45) is 7.89. The fourth-order valence-corrected chi connectivity index (χ4v) is 4.76. The van der Waals surface area contributed by atoms with Gasteiger partial charge in [-0.05, 0) is 44.7 Å². The number of nitrogens with zero attached hydrogens (tertiary/aromatic N) is 4. The maximum Gasteiger partial charge on any atom is 0.122 e. The number of rotatable bonds is 5. The van der Waals surface area contributed by atoms with Gasteiger partial charge in [-0.25, -0.2) is 9.97 Å². The van der Waals surface area contributed by atoms with E-state index < -0.39 is 0 Å². The molecule has 0 radical (unpaired) electrons. The summed E-state index contributed by atoms with van der Waals surface area (Å²) in [6.45, 7) is 6.29. The van der Waals surface area contributed by atoms with Crippen LogP contribution in [0.4, 0.5) is 0 Å². The Balaban J connectivity index is 0.00000169. The average Bonchev–Trinajstić information content (AvgIpc) is 2.85. The zero-order chi connectivity index (χ0) is 15.9. The number of imidazole rings is 1. The van der Waals surface area contributed by atoms with Crippen molar-refractivity contribution in [3.63, 3.8) is 0 Å². The van der Waals surface area contributed by atoms with Crippen LogP contribution < -0.4 is 5.32 Å². The molecule has 0 bridgehead atoms. The molecular weight excluding hydrogens is 342 g/mol. The summed E-state index contributed by atoms with van der Waals surface area (Å²) in [7, 11) is 2.08. The highest BCUT2D eigenvalue weighted by Crippen LogP contribution is 2.56. The summed E-state index contributed by atoms with van der Waals surface area (Å²) in [5, 5.41) is 6.89. The van der Waals surface area contributed by atoms with E-state index in [4.69, 9.17) is 0 Å². The first-order chi connectivity index (χ1) is 11.2. The van der Waals surface area contributed by atoms with E-state index in [2.05, 4.69) is 44.1 Å². The van der Waals surface area contributed by atoms with Gasteiger partial charge in [-0.2, -0.15) is 0 Å². The van der Waals surface area contributed by atoms with Gasteiger partial charge in [0.05, 0.1) is 13.1 Å². The Kier molecular flexibility index (Phi) is 5.30. The van der Waals surface area contributed by atoms with Crippen molar-refractivity contribution in [3.05, 3.63) is 34.3 Å². The number of hydrogen-bond donors (Lipinski definition) is 1. The minimum absolute atomic E-state index is 0. The number of halogens is 1. The molecule has 1 atom stereocenters. The van der Waals surface area contributed by atoms with Crippen molar-refractivity contribution >= 4 is 23.7 Å². The molecule has 132 valence electrons. The van der Waals surface area contributed by atoms with Crippen molar-refractivity contribution in [3.8, 4) is 0 Å². The molecule has 24 heavy (non-hydrogen) atoms. The van der Waals surface area contributed by atoms with Crippen molar-refractivity contribution in [2.24, 2.45) is 12.5 Å². The molecule has 1 spiro atoms. The molecule has 0 amide bonds. The molecule has 0 aromatic carbocycles. The Bertz CT molecular complexity index is 676. The van der Waals surface area contributed by atoms with Gasteiger partial charge in [0.15, 0.2) is 0 Å². The number of aryl methyl sites for hydroxylation is 2. The van der Waals surface area contributed by atoms with Crippen LogP contribution in [0.5, 0.6) is 0 Å². The Morgan fingerprint density at radius 1 is 1.38 bits per heavy atom. The molecule has 7 heteroatoms. The quantitative estimate of drug-likeness (QED) is 0.882. The molecule has 3 heterocycles. The molecule has 2 fully saturated rings. The van der Waals surface area contributed by atoms with E-state index in [9.17, 15) is 0 Å². The van der Waals surface area contributed by atoms with Crippen molar-refractivity contribution in [1.82, 2.24) is 24.8 Å². The first kappa shape index (κ1) is 17.9. The number of hydrogen-bond acceptors (Lipinski definition) is 5. The van der Waals surface area contributed by atoms with E-state index in [1.54, 1.807) is 11.3 Å². The molecule has 4 rings (SSSR count). The van der Waals surface area contributed by atoms with E-state index in [1.807, 2.05) is 12.4 Å². The Labute approximate surface area is 153 Å². The number of nitrogens with one attached hydrogen (secondary N) is 1. The highest BCUT2D eigenvalue weighted by molar-refractivity contribution is 7.09. The fourth-order valence-electron chi connectivity index (χ4n) is 3.96. The Morgan fingerprint density at radius 3 is 2.79 bits per heavy atom. The minimum Gasteiger partial charge on any atom is -0.337 e. The van der Waals surface area contributed by atoms with E-state index in [1.165, 1.54) is 37.4 Å². The molecule has 1 saturated carbocycles. The third-order valence-corrected chi connectivity index (χ3v) is 6.41. The summed E-state index contributed by atoms with van der Waals surface area (Å²) < 4.78 is 2.14. The molecule has 1 aliphatic carbocycles. The van der Waals surface area contributed by atoms with Gasteiger partial charge in [-0.15, -0.1) is 23.7 Å². The second-order valence-electron chi connectivity index (χ2n) is 7.07. The minimum atomic E-state index is 0. The third kappa shape index (κ3) is 3.52. The lowest BCUT2D eigenvalue weighted by Gasteiger charge is -2.29. The van der Waals surface area contributed by atoms with Crippen LogP contribution >= 0.6 is 23.7 Å². The predicted molar refractivity (Wildman–Crippen MR) is 99.5 cm³/mol. The number of piperidine rings is 1. The molecule has 2 aliphatic rings. The zero-order valence-corrected chi connectivity index (χ0v) is 16.0. The van der Waals surface area contributed by atoms with Gasteiger partial charge in [-0.3, -0.25) is 4.90 Å². The van der Waals surface area contributed by atoms with Crippen molar-refractivity contribution in [1.29, 1.82) is 0 Å². The summed E-state index contributed by atoms with van der Waals surface area (Å²) in [5.74, 6) is 1.15. The van der Waals surface area contributed by atoms with Crippen molar-refractivity contribution in [2.75, 3.05) is 13.1 Å². The normalized spacial score (nSPS) is 21.9. The van der Waals surface area contributed by atoms with E-state index in [0.29, 0.717) is 11.5 Å². The molecule has 1 aliphatic heterocycles. The Hall–Kier alpha value is -0.950. The summed E-state index contributed by atoms with van der Waals surface area (Å²) in [4.78, 5) is 11.8. The van der Waals surface area contributed by atoms with Gasteiger partial charge >= 0.3 is 0 Å². The average molecular weight is 368 g/mol. The van der Waals surface area contributed by atoms with E-state index in [-0.39, 0.29) is 12.4 Å². The van der Waals surface area contributed by atoms with Gasteiger partial charge in [0, 0.05) is 36.6 Å². The fraction of sp³-hybridized carbons (Fsp3) is 0.647. The zero-order valence-electron chi connectivity index (χ0n) is 14.4. The van der Waals surface area contributed by atoms with Gasteiger partial charge in [-0.1, -0.05) is 0 Å². The molecule has 2 aromatic rings. The highest BCUT2D eigenvalue weighted by Gasteiger charge is 2.56. The van der Waals surface area contributed by atoms with Gasteiger partial charge in [0.2, 0.25) is 0 Å². The Morgan fingerprint density at radius 2 is 2.17 bits per heavy atom. The monoisotopic (exact) mass is 367 g/mol. The topological polar surface area (TPSA) is 46.0 Å². The predicted octanol–water partition coefficient (Wildman–Crippen LogP) is 2.75. The highest BCUT2D eigenvalue weighted by atomic mass is 35.5. The van der Waals surface area contributed by atoms with E-state index >= 15 is 0 Å². The third-order valence-electron chi connectivity index (χ3n) is 5.46. The SMILES string of the molecule is Cc1csc(CN(Cc2nccn2C)C2CC23CCNCC3)n1.Cl. The van der Waals surface area contributed by atoms with Crippen LogP contribution in [0, 0.1) is 12.3 Å². The van der Waals surface area contributed by atoms with Gasteiger partial charge in [0.25, 0.3) is 0 Å². The molecule has 1 saturated heterocycles. The molecule has 5 nitrogen and oxygen atoms in total. The second kappa shape index (κ2) is 7.12. The van der Waals surface area contributed by atoms with Crippen LogP contribution in [0.25, 0.3) is 0 Å². The van der Waals surface area contributed by atoms with Gasteiger partial charge in [0.1, 0.15) is 10.8 Å². The van der Waals surface area contributed by atoms with Crippen LogP contribution in [0.15, 0.2) is 17.8 Å². The molecule has 1 N–H and O–H groups in total. The summed E-state index contributed by atoms with van der Waals surface area (Å²) in [5.41, 5.74) is 1.68. The second-order valence-corrected chi connectivity index (χ2v) is 8.02. The van der Waals surface area contributed by atoms with Crippen LogP contribution in [0.3, 0.4) is 0 Å². The largest absolute Gasteiger partial charge is 0.337 e. The lowest BCUT2D eigenvalue weighted by atomic mass is 9.93. The first-order valence-corrected chi connectivity index (χ1v) is 9.36. The maximum absolute atomic E-state index is 4.68. The first-order valence-electron chi connectivity index (χ1n) is 8.48. The molecule has 2 aromatic heterocycles. The van der Waals surface area contributed by atoms with Crippen LogP contribution in [0.1, 0.15) is 35.8 Å². The van der Waals surface area contributed by atoms with Crippen LogP contribution in [-0.2, 0) is 20.1 Å². The summed E-state index contributed by atoms with van der Waals surface area (Å²) in [6, 6.07) is 0.686. The maximum atomic E-state index is 4.68. The lowest BCUT2D eigenvalue weighted by molar-refractivity contribution is 0.182. The van der Waals surface area contributed by atoms with Gasteiger partial charge < -0.3 is 9.88 Å². The standard InChI is InChI=1S/C17H25N5S.ClH/c1-13-12-23-16(20-13)11-22(10-15-19-7-8-21(15)2)14-9-17(14)3-5-18-6-4-17;/h7-8,12,14,18H,3-6,9-11H2,1-2H3;1H. The molecule has 1 unspecified atom stereocenters. The smallest absolute Gasteiger partial charge is 0.122 e. The number of thiazole rings is 1. The molecular formula is C17H26ClN5S. The van der Waals surface area contributed by atoms with Crippen molar-refractivity contribution in [2.45, 2.75) is 45.3 Å². The van der Waals surface area contributed by atoms with Crippen LogP contribution in [-0.4, -0.2) is 38.6 Å². The number of aromatic nitrogens is 3. The summed E-state index contributed by atoms with van der Waals surface area (Å²) >= 11 is 1.78. The lowest BCUT2D eigenvalue weighted by Crippen LogP contribution is -2.36. The van der Waals surface area contributed by atoms with Crippen molar-refractivity contribution < 1.29 is 0 Å². The van der Waals surface area contributed by atoms with Crippen LogP contribution in [0.2, 0.25) is 0 Å². The van der Waals surface area contributed by atoms with E-state index in [0.717, 1.165) is 24.6 Å².